The number of hydrogen-bond donors (Lipinski definition) is 1. The third-order valence-electron chi connectivity index (χ3n) is 4.31. The van der Waals surface area contributed by atoms with Gasteiger partial charge in [-0.15, -0.1) is 0 Å². The summed E-state index contributed by atoms with van der Waals surface area (Å²) in [4.78, 5) is 2.53. The van der Waals surface area contributed by atoms with E-state index < -0.39 is 0 Å². The zero-order valence-electron chi connectivity index (χ0n) is 14.9. The topological polar surface area (TPSA) is 33.1 Å². The molecule has 0 bridgehead atoms. The van der Waals surface area contributed by atoms with Crippen molar-refractivity contribution in [3.63, 3.8) is 0 Å². The molecule has 1 aromatic heterocycles. The molecule has 1 aliphatic rings. The van der Waals surface area contributed by atoms with E-state index in [2.05, 4.69) is 68.6 Å². The van der Waals surface area contributed by atoms with Crippen molar-refractivity contribution in [2.24, 2.45) is 12.5 Å². The minimum atomic E-state index is 0.126. The molecule has 0 aliphatic carbocycles. The molecule has 0 unspecified atom stereocenters. The second kappa shape index (κ2) is 5.64. The van der Waals surface area contributed by atoms with Crippen LogP contribution in [0.5, 0.6) is 0 Å². The van der Waals surface area contributed by atoms with Crippen LogP contribution in [-0.4, -0.2) is 28.4 Å². The second-order valence-corrected chi connectivity index (χ2v) is 8.30. The average molecular weight is 292 g/mol. The molecule has 1 aliphatic heterocycles. The summed E-state index contributed by atoms with van der Waals surface area (Å²) < 4.78 is 2.07. The van der Waals surface area contributed by atoms with Crippen LogP contribution in [0.4, 0.5) is 5.82 Å². The highest BCUT2D eigenvalue weighted by atomic mass is 15.4. The van der Waals surface area contributed by atoms with Gasteiger partial charge >= 0.3 is 0 Å². The maximum Gasteiger partial charge on any atom is 0.131 e. The van der Waals surface area contributed by atoms with Crippen molar-refractivity contribution in [3.05, 3.63) is 11.3 Å². The van der Waals surface area contributed by atoms with Gasteiger partial charge in [-0.1, -0.05) is 13.8 Å². The first kappa shape index (κ1) is 16.3. The van der Waals surface area contributed by atoms with Gasteiger partial charge < -0.3 is 10.2 Å². The van der Waals surface area contributed by atoms with E-state index in [0.29, 0.717) is 5.41 Å². The van der Waals surface area contributed by atoms with Crippen LogP contribution in [0, 0.1) is 12.3 Å². The molecule has 21 heavy (non-hydrogen) atoms. The first-order valence-corrected chi connectivity index (χ1v) is 8.11. The number of piperidine rings is 1. The molecule has 0 saturated carbocycles. The van der Waals surface area contributed by atoms with E-state index in [1.807, 2.05) is 0 Å². The van der Waals surface area contributed by atoms with Gasteiger partial charge in [0.15, 0.2) is 0 Å². The third kappa shape index (κ3) is 4.00. The molecule has 4 heteroatoms. The number of nitrogens with zero attached hydrogens (tertiary/aromatic N) is 3. The quantitative estimate of drug-likeness (QED) is 0.928. The van der Waals surface area contributed by atoms with E-state index in [-0.39, 0.29) is 5.54 Å². The van der Waals surface area contributed by atoms with Gasteiger partial charge in [-0.05, 0) is 46.0 Å². The molecule has 1 aromatic rings. The monoisotopic (exact) mass is 292 g/mol. The number of aryl methyl sites for hydroxylation is 2. The Kier molecular flexibility index (Phi) is 4.39. The summed E-state index contributed by atoms with van der Waals surface area (Å²) >= 11 is 0. The minimum absolute atomic E-state index is 0.126. The fourth-order valence-electron chi connectivity index (χ4n) is 3.25. The Hall–Kier alpha value is -1.03. The van der Waals surface area contributed by atoms with Crippen LogP contribution >= 0.6 is 0 Å². The lowest BCUT2D eigenvalue weighted by Crippen LogP contribution is -2.42. The molecule has 0 aromatic carbocycles. The first-order valence-electron chi connectivity index (χ1n) is 8.11. The smallest absolute Gasteiger partial charge is 0.131 e. The van der Waals surface area contributed by atoms with Gasteiger partial charge in [-0.3, -0.25) is 4.68 Å². The van der Waals surface area contributed by atoms with Crippen molar-refractivity contribution in [2.45, 2.75) is 66.5 Å². The Balaban J connectivity index is 2.26. The lowest BCUT2D eigenvalue weighted by Gasteiger charge is -2.39. The summed E-state index contributed by atoms with van der Waals surface area (Å²) in [6.07, 6.45) is 2.58. The van der Waals surface area contributed by atoms with Crippen molar-refractivity contribution in [2.75, 3.05) is 18.0 Å². The summed E-state index contributed by atoms with van der Waals surface area (Å²) in [5, 5.41) is 8.28. The fraction of sp³-hybridized carbons (Fsp3) is 0.824. The molecule has 2 heterocycles. The Morgan fingerprint density at radius 1 is 1.29 bits per heavy atom. The van der Waals surface area contributed by atoms with Gasteiger partial charge in [-0.2, -0.15) is 5.10 Å². The predicted molar refractivity (Wildman–Crippen MR) is 89.8 cm³/mol. The largest absolute Gasteiger partial charge is 0.356 e. The number of aromatic nitrogens is 2. The number of anilines is 1. The molecule has 1 saturated heterocycles. The molecule has 4 nitrogen and oxygen atoms in total. The van der Waals surface area contributed by atoms with Gasteiger partial charge in [0.2, 0.25) is 0 Å². The highest BCUT2D eigenvalue weighted by molar-refractivity contribution is 5.50. The molecule has 0 atom stereocenters. The van der Waals surface area contributed by atoms with Crippen LogP contribution in [0.25, 0.3) is 0 Å². The summed E-state index contributed by atoms with van der Waals surface area (Å²) in [5.74, 6) is 1.30. The van der Waals surface area contributed by atoms with Crippen molar-refractivity contribution in [1.29, 1.82) is 0 Å². The zero-order valence-corrected chi connectivity index (χ0v) is 14.9. The van der Waals surface area contributed by atoms with Crippen LogP contribution in [0.15, 0.2) is 0 Å². The van der Waals surface area contributed by atoms with Crippen molar-refractivity contribution in [1.82, 2.24) is 15.1 Å². The van der Waals surface area contributed by atoms with Crippen LogP contribution in [0.1, 0.15) is 58.7 Å². The Labute approximate surface area is 129 Å². The van der Waals surface area contributed by atoms with Gasteiger partial charge in [0.1, 0.15) is 5.82 Å². The number of rotatable bonds is 3. The molecule has 120 valence electrons. The van der Waals surface area contributed by atoms with Crippen LogP contribution < -0.4 is 10.2 Å². The Morgan fingerprint density at radius 3 is 2.52 bits per heavy atom. The van der Waals surface area contributed by atoms with E-state index >= 15 is 0 Å². The Bertz CT molecular complexity index is 494. The molecule has 0 amide bonds. The number of hydrogen-bond acceptors (Lipinski definition) is 3. The fourth-order valence-corrected chi connectivity index (χ4v) is 3.25. The van der Waals surface area contributed by atoms with Gasteiger partial charge in [-0.25, -0.2) is 0 Å². The SMILES string of the molecule is Cc1nn(C)c(N2CCCC(C)(C)C2)c1CNC(C)(C)C. The first-order chi connectivity index (χ1) is 9.59. The van der Waals surface area contributed by atoms with Gasteiger partial charge in [0.25, 0.3) is 0 Å². The number of nitrogens with one attached hydrogen (secondary N) is 1. The summed E-state index contributed by atoms with van der Waals surface area (Å²) in [6.45, 7) is 16.6. The predicted octanol–water partition coefficient (Wildman–Crippen LogP) is 3.24. The summed E-state index contributed by atoms with van der Waals surface area (Å²) in [6, 6.07) is 0. The Morgan fingerprint density at radius 2 is 1.95 bits per heavy atom. The van der Waals surface area contributed by atoms with E-state index in [1.165, 1.54) is 24.2 Å². The lowest BCUT2D eigenvalue weighted by molar-refractivity contribution is 0.290. The molecule has 1 N–H and O–H groups in total. The minimum Gasteiger partial charge on any atom is -0.356 e. The summed E-state index contributed by atoms with van der Waals surface area (Å²) in [7, 11) is 2.07. The highest BCUT2D eigenvalue weighted by Crippen LogP contribution is 2.33. The van der Waals surface area contributed by atoms with E-state index in [9.17, 15) is 0 Å². The maximum atomic E-state index is 4.67. The zero-order chi connectivity index (χ0) is 15.8. The van der Waals surface area contributed by atoms with Crippen molar-refractivity contribution >= 4 is 5.82 Å². The summed E-state index contributed by atoms with van der Waals surface area (Å²) in [5.41, 5.74) is 3.02. The second-order valence-electron chi connectivity index (χ2n) is 8.30. The van der Waals surface area contributed by atoms with E-state index in [0.717, 1.165) is 25.3 Å². The van der Waals surface area contributed by atoms with Crippen LogP contribution in [-0.2, 0) is 13.6 Å². The van der Waals surface area contributed by atoms with E-state index in [4.69, 9.17) is 0 Å². The molecule has 0 radical (unpaired) electrons. The van der Waals surface area contributed by atoms with Crippen LogP contribution in [0.2, 0.25) is 0 Å². The highest BCUT2D eigenvalue weighted by Gasteiger charge is 2.30. The normalized spacial score (nSPS) is 19.1. The van der Waals surface area contributed by atoms with Gasteiger partial charge in [0, 0.05) is 37.8 Å². The van der Waals surface area contributed by atoms with E-state index in [1.54, 1.807) is 0 Å². The van der Waals surface area contributed by atoms with Crippen molar-refractivity contribution < 1.29 is 0 Å². The standard InChI is InChI=1S/C17H32N4/c1-13-14(11-18-16(2,3)4)15(20(7)19-13)21-10-8-9-17(5,6)12-21/h18H,8-12H2,1-7H3. The average Bonchev–Trinajstić information content (AvgIpc) is 2.58. The molecule has 1 fully saturated rings. The maximum absolute atomic E-state index is 4.67. The van der Waals surface area contributed by atoms with Gasteiger partial charge in [0.05, 0.1) is 5.69 Å². The molecule has 0 spiro atoms. The molecular formula is C17H32N4. The molecule has 2 rings (SSSR count). The third-order valence-corrected chi connectivity index (χ3v) is 4.31. The lowest BCUT2D eigenvalue weighted by atomic mass is 9.84. The van der Waals surface area contributed by atoms with Crippen LogP contribution in [0.3, 0.4) is 0 Å². The van der Waals surface area contributed by atoms with Crippen molar-refractivity contribution in [3.8, 4) is 0 Å². The molecular weight excluding hydrogens is 260 g/mol.